The van der Waals surface area contributed by atoms with E-state index in [4.69, 9.17) is 4.74 Å². The lowest BCUT2D eigenvalue weighted by Gasteiger charge is -2.31. The van der Waals surface area contributed by atoms with E-state index in [1.165, 1.54) is 0 Å². The third-order valence-corrected chi connectivity index (χ3v) is 2.05. The zero-order chi connectivity index (χ0) is 12.1. The van der Waals surface area contributed by atoms with Crippen LogP contribution in [0.25, 0.3) is 0 Å². The van der Waals surface area contributed by atoms with E-state index in [2.05, 4.69) is 38.0 Å². The number of ether oxygens (including phenoxy) is 1. The van der Waals surface area contributed by atoms with Crippen molar-refractivity contribution in [1.29, 1.82) is 0 Å². The van der Waals surface area contributed by atoms with Gasteiger partial charge < -0.3 is 15.4 Å². The van der Waals surface area contributed by atoms with E-state index in [1.807, 2.05) is 6.92 Å². The molecule has 0 saturated heterocycles. The average Bonchev–Trinajstić information content (AvgIpc) is 2.09. The highest BCUT2D eigenvalue weighted by Crippen LogP contribution is 2.20. The quantitative estimate of drug-likeness (QED) is 0.751. The molecule has 0 fully saturated rings. The molecule has 1 amide bonds. The minimum absolute atomic E-state index is 0.00692. The normalized spacial score (nSPS) is 12.9. The molecule has 0 rings (SSSR count). The van der Waals surface area contributed by atoms with Gasteiger partial charge in [0, 0.05) is 12.7 Å². The second kappa shape index (κ2) is 5.63. The van der Waals surface area contributed by atoms with Crippen LogP contribution >= 0.6 is 0 Å². The Balaban J connectivity index is 4.26. The fourth-order valence-corrected chi connectivity index (χ4v) is 1.04. The molecule has 0 aliphatic heterocycles. The highest BCUT2D eigenvalue weighted by Gasteiger charge is 2.25. The largest absolute Gasteiger partial charge is 0.447 e. The van der Waals surface area contributed by atoms with Gasteiger partial charge in [-0.2, -0.15) is 0 Å². The summed E-state index contributed by atoms with van der Waals surface area (Å²) in [5.41, 5.74) is 0.878. The van der Waals surface area contributed by atoms with Crippen molar-refractivity contribution in [3.63, 3.8) is 0 Å². The Morgan fingerprint density at radius 3 is 2.33 bits per heavy atom. The molecule has 0 saturated carbocycles. The van der Waals surface area contributed by atoms with Crippen molar-refractivity contribution in [3.05, 3.63) is 12.3 Å². The number of carbonyl (C=O) groups is 1. The smallest absolute Gasteiger partial charge is 0.406 e. The number of amides is 1. The van der Waals surface area contributed by atoms with Crippen LogP contribution in [0.4, 0.5) is 4.79 Å². The molecular weight excluding hydrogens is 192 g/mol. The van der Waals surface area contributed by atoms with Crippen molar-refractivity contribution in [2.45, 2.75) is 33.7 Å². The van der Waals surface area contributed by atoms with Crippen LogP contribution < -0.4 is 10.6 Å². The van der Waals surface area contributed by atoms with Gasteiger partial charge in [0.1, 0.15) is 6.61 Å². The number of alkyl carbamates (subject to hydrolysis) is 1. The van der Waals surface area contributed by atoms with Gasteiger partial charge >= 0.3 is 6.09 Å². The molecule has 0 aliphatic rings. The lowest BCUT2D eigenvalue weighted by molar-refractivity contribution is 0.111. The van der Waals surface area contributed by atoms with Gasteiger partial charge in [-0.15, -0.1) is 0 Å². The Hall–Kier alpha value is -1.19. The predicted octanol–water partition coefficient (Wildman–Crippen LogP) is 1.88. The van der Waals surface area contributed by atoms with Crippen LogP contribution in [0.15, 0.2) is 12.3 Å². The third kappa shape index (κ3) is 5.99. The van der Waals surface area contributed by atoms with Crippen LogP contribution in [0.3, 0.4) is 0 Å². The molecule has 15 heavy (non-hydrogen) atoms. The number of nitrogens with one attached hydrogen (secondary N) is 2. The topological polar surface area (TPSA) is 50.4 Å². The molecule has 2 N–H and O–H groups in total. The van der Waals surface area contributed by atoms with E-state index in [0.29, 0.717) is 6.61 Å². The summed E-state index contributed by atoms with van der Waals surface area (Å²) in [4.78, 5) is 10.9. The lowest BCUT2D eigenvalue weighted by Crippen LogP contribution is -2.43. The van der Waals surface area contributed by atoms with Gasteiger partial charge in [-0.3, -0.25) is 0 Å². The minimum Gasteiger partial charge on any atom is -0.447 e. The molecular formula is C11H22N2O2. The molecule has 4 nitrogen and oxygen atoms in total. The number of hydrogen-bond donors (Lipinski definition) is 2. The maximum absolute atomic E-state index is 10.9. The molecule has 0 aromatic rings. The summed E-state index contributed by atoms with van der Waals surface area (Å²) in [5, 5.41) is 5.61. The van der Waals surface area contributed by atoms with E-state index in [9.17, 15) is 4.79 Å². The van der Waals surface area contributed by atoms with E-state index in [1.54, 1.807) is 7.05 Å². The van der Waals surface area contributed by atoms with Gasteiger partial charge in [-0.1, -0.05) is 27.4 Å². The number of hydrogen-bond acceptors (Lipinski definition) is 3. The number of carbonyl (C=O) groups excluding carboxylic acids is 1. The Bertz CT molecular complexity index is 231. The van der Waals surface area contributed by atoms with Gasteiger partial charge in [0.2, 0.25) is 0 Å². The van der Waals surface area contributed by atoms with Crippen LogP contribution in [-0.4, -0.2) is 25.8 Å². The first-order valence-electron chi connectivity index (χ1n) is 5.04. The highest BCUT2D eigenvalue weighted by molar-refractivity contribution is 5.66. The Morgan fingerprint density at radius 1 is 1.47 bits per heavy atom. The van der Waals surface area contributed by atoms with Crippen molar-refractivity contribution in [2.75, 3.05) is 13.7 Å². The zero-order valence-electron chi connectivity index (χ0n) is 10.3. The predicted molar refractivity (Wildman–Crippen MR) is 61.6 cm³/mol. The first kappa shape index (κ1) is 13.8. The van der Waals surface area contributed by atoms with Gasteiger partial charge in [0.15, 0.2) is 0 Å². The molecule has 0 unspecified atom stereocenters. The summed E-state index contributed by atoms with van der Waals surface area (Å²) >= 11 is 0. The molecule has 88 valence electrons. The first-order valence-corrected chi connectivity index (χ1v) is 5.04. The molecule has 0 heterocycles. The van der Waals surface area contributed by atoms with Gasteiger partial charge in [-0.05, 0) is 12.3 Å². The van der Waals surface area contributed by atoms with Crippen LogP contribution in [0, 0.1) is 5.41 Å². The van der Waals surface area contributed by atoms with Crippen LogP contribution in [-0.2, 0) is 4.74 Å². The summed E-state index contributed by atoms with van der Waals surface area (Å²) in [5.74, 6) is 0. The van der Waals surface area contributed by atoms with Crippen LogP contribution in [0.1, 0.15) is 27.7 Å². The number of rotatable bonds is 4. The number of allylic oxidation sites excluding steroid dienone is 1. The highest BCUT2D eigenvalue weighted by atomic mass is 16.5. The maximum atomic E-state index is 10.9. The molecule has 4 heteroatoms. The van der Waals surface area contributed by atoms with Crippen LogP contribution in [0.2, 0.25) is 0 Å². The molecule has 0 aromatic carbocycles. The molecule has 0 aromatic heterocycles. The minimum atomic E-state index is -0.409. The molecule has 0 radical (unpaired) electrons. The van der Waals surface area contributed by atoms with E-state index in [0.717, 1.165) is 5.70 Å². The molecule has 0 bridgehead atoms. The van der Waals surface area contributed by atoms with Crippen molar-refractivity contribution in [1.82, 2.24) is 10.6 Å². The second-order valence-electron chi connectivity index (χ2n) is 4.69. The average molecular weight is 214 g/mol. The van der Waals surface area contributed by atoms with E-state index in [-0.39, 0.29) is 11.5 Å². The van der Waals surface area contributed by atoms with Crippen LogP contribution in [0.5, 0.6) is 0 Å². The molecule has 1 atom stereocenters. The third-order valence-electron chi connectivity index (χ3n) is 2.05. The van der Waals surface area contributed by atoms with E-state index >= 15 is 0 Å². The second-order valence-corrected chi connectivity index (χ2v) is 4.69. The lowest BCUT2D eigenvalue weighted by atomic mass is 9.87. The van der Waals surface area contributed by atoms with Crippen molar-refractivity contribution in [2.24, 2.45) is 5.41 Å². The van der Waals surface area contributed by atoms with Crippen molar-refractivity contribution in [3.8, 4) is 0 Å². The summed E-state index contributed by atoms with van der Waals surface area (Å²) in [6.45, 7) is 12.3. The van der Waals surface area contributed by atoms with Gasteiger partial charge in [0.25, 0.3) is 0 Å². The Kier molecular flexibility index (Phi) is 5.19. The van der Waals surface area contributed by atoms with Gasteiger partial charge in [0.05, 0.1) is 6.04 Å². The van der Waals surface area contributed by atoms with Crippen molar-refractivity contribution >= 4 is 6.09 Å². The Morgan fingerprint density at radius 2 is 2.00 bits per heavy atom. The standard InChI is InChI=1S/C11H22N2O2/c1-8(2)13-9(11(3,4)5)7-15-10(14)12-6/h9,13H,1,7H2,2-6H3,(H,12,14)/t9-/m1/s1. The SMILES string of the molecule is C=C(C)N[C@H](COC(=O)NC)C(C)(C)C. The summed E-state index contributed by atoms with van der Waals surface area (Å²) < 4.78 is 5.03. The summed E-state index contributed by atoms with van der Waals surface area (Å²) in [6.07, 6.45) is -0.409. The fourth-order valence-electron chi connectivity index (χ4n) is 1.04. The molecule has 0 spiro atoms. The fraction of sp³-hybridized carbons (Fsp3) is 0.727. The zero-order valence-corrected chi connectivity index (χ0v) is 10.3. The molecule has 0 aliphatic carbocycles. The Labute approximate surface area is 92.1 Å². The maximum Gasteiger partial charge on any atom is 0.406 e. The summed E-state index contributed by atoms with van der Waals surface area (Å²) in [6, 6.07) is 0.0623. The van der Waals surface area contributed by atoms with E-state index < -0.39 is 6.09 Å². The van der Waals surface area contributed by atoms with Crippen molar-refractivity contribution < 1.29 is 9.53 Å². The van der Waals surface area contributed by atoms with Gasteiger partial charge in [-0.25, -0.2) is 4.79 Å². The monoisotopic (exact) mass is 214 g/mol. The first-order chi connectivity index (χ1) is 6.77. The summed E-state index contributed by atoms with van der Waals surface area (Å²) in [7, 11) is 1.54.